The summed E-state index contributed by atoms with van der Waals surface area (Å²) >= 11 is 0. The number of rotatable bonds is 6. The van der Waals surface area contributed by atoms with Crippen molar-refractivity contribution in [2.24, 2.45) is 0 Å². The number of carbonyl (C=O) groups excluding carboxylic acids is 2. The van der Waals surface area contributed by atoms with Crippen LogP contribution in [0, 0.1) is 13.8 Å². The van der Waals surface area contributed by atoms with Crippen LogP contribution < -0.4 is 10.2 Å². The molecule has 4 heteroatoms. The van der Waals surface area contributed by atoms with Crippen molar-refractivity contribution in [3.05, 3.63) is 64.7 Å². The first-order valence-electron chi connectivity index (χ1n) is 8.13. The van der Waals surface area contributed by atoms with Gasteiger partial charge in [-0.15, -0.1) is 0 Å². The largest absolute Gasteiger partial charge is 0.326 e. The zero-order chi connectivity index (χ0) is 17.7. The molecule has 0 radical (unpaired) electrons. The predicted molar refractivity (Wildman–Crippen MR) is 96.4 cm³/mol. The Kier molecular flexibility index (Phi) is 5.88. The quantitative estimate of drug-likeness (QED) is 0.800. The molecule has 2 N–H and O–H groups in total. The Hall–Kier alpha value is -2.46. The molecule has 2 rings (SSSR count). The van der Waals surface area contributed by atoms with Gasteiger partial charge < -0.3 is 10.2 Å². The smallest absolute Gasteiger partial charge is 0.279 e. The molecule has 0 bridgehead atoms. The highest BCUT2D eigenvalue weighted by molar-refractivity contribution is 5.95. The fourth-order valence-electron chi connectivity index (χ4n) is 2.70. The molecule has 1 amide bonds. The van der Waals surface area contributed by atoms with Gasteiger partial charge in [0.25, 0.3) is 5.91 Å². The second-order valence-electron chi connectivity index (χ2n) is 6.42. The molecule has 1 unspecified atom stereocenters. The van der Waals surface area contributed by atoms with Crippen LogP contribution in [0.15, 0.2) is 42.5 Å². The van der Waals surface area contributed by atoms with E-state index in [1.807, 2.05) is 7.05 Å². The lowest BCUT2D eigenvalue weighted by atomic mass is 10.1. The molecule has 0 saturated carbocycles. The van der Waals surface area contributed by atoms with Crippen molar-refractivity contribution in [2.75, 3.05) is 18.9 Å². The molecular weight excluding hydrogens is 300 g/mol. The summed E-state index contributed by atoms with van der Waals surface area (Å²) in [5.41, 5.74) is 5.13. The average Bonchev–Trinajstić information content (AvgIpc) is 2.50. The zero-order valence-corrected chi connectivity index (χ0v) is 14.8. The molecular formula is C20H25N2O2+. The number of hydrogen-bond acceptors (Lipinski definition) is 2. The highest BCUT2D eigenvalue weighted by atomic mass is 16.2. The number of benzene rings is 2. The number of hydrogen-bond donors (Lipinski definition) is 2. The van der Waals surface area contributed by atoms with Crippen LogP contribution in [0.3, 0.4) is 0 Å². The first-order chi connectivity index (χ1) is 11.3. The molecule has 0 fully saturated rings. The summed E-state index contributed by atoms with van der Waals surface area (Å²) in [7, 11) is 2.01. The lowest BCUT2D eigenvalue weighted by Crippen LogP contribution is -3.08. The molecule has 0 aliphatic rings. The van der Waals surface area contributed by atoms with E-state index in [1.165, 1.54) is 23.6 Å². The number of quaternary nitrogens is 1. The number of anilines is 1. The highest BCUT2D eigenvalue weighted by Crippen LogP contribution is 2.10. The Morgan fingerprint density at radius 2 is 1.71 bits per heavy atom. The summed E-state index contributed by atoms with van der Waals surface area (Å²) < 4.78 is 0. The zero-order valence-electron chi connectivity index (χ0n) is 14.8. The van der Waals surface area contributed by atoms with E-state index in [1.54, 1.807) is 24.3 Å². The van der Waals surface area contributed by atoms with Crippen LogP contribution in [0.25, 0.3) is 0 Å². The van der Waals surface area contributed by atoms with E-state index in [-0.39, 0.29) is 11.7 Å². The van der Waals surface area contributed by atoms with Gasteiger partial charge in [-0.3, -0.25) is 9.59 Å². The van der Waals surface area contributed by atoms with E-state index in [0.717, 1.165) is 11.4 Å². The van der Waals surface area contributed by atoms with Crippen molar-refractivity contribution in [2.45, 2.75) is 27.3 Å². The van der Waals surface area contributed by atoms with Gasteiger partial charge in [-0.25, -0.2) is 0 Å². The van der Waals surface area contributed by atoms with E-state index in [0.29, 0.717) is 17.8 Å². The van der Waals surface area contributed by atoms with E-state index >= 15 is 0 Å². The molecule has 0 spiro atoms. The number of carbonyl (C=O) groups is 2. The van der Waals surface area contributed by atoms with Crippen molar-refractivity contribution in [1.29, 1.82) is 0 Å². The normalized spacial score (nSPS) is 11.8. The van der Waals surface area contributed by atoms with Crippen LogP contribution >= 0.6 is 0 Å². The Balaban J connectivity index is 1.90. The molecule has 0 heterocycles. The lowest BCUT2D eigenvalue weighted by Gasteiger charge is -2.15. The van der Waals surface area contributed by atoms with Crippen LogP contribution in [0.1, 0.15) is 34.0 Å². The SMILES string of the molecule is CC(=O)c1ccc(NC(=O)C[NH+](C)Cc2ccc(C)cc2C)cc1. The van der Waals surface area contributed by atoms with Gasteiger partial charge in [0.05, 0.1) is 7.05 Å². The molecule has 0 aliphatic carbocycles. The van der Waals surface area contributed by atoms with Crippen molar-refractivity contribution >= 4 is 17.4 Å². The lowest BCUT2D eigenvalue weighted by molar-refractivity contribution is -0.885. The topological polar surface area (TPSA) is 50.6 Å². The van der Waals surface area contributed by atoms with Crippen LogP contribution in [-0.4, -0.2) is 25.3 Å². The van der Waals surface area contributed by atoms with Crippen molar-refractivity contribution < 1.29 is 14.5 Å². The molecule has 1 atom stereocenters. The van der Waals surface area contributed by atoms with Crippen molar-refractivity contribution in [1.82, 2.24) is 0 Å². The summed E-state index contributed by atoms with van der Waals surface area (Å²) in [6.45, 7) is 6.91. The van der Waals surface area contributed by atoms with Crippen LogP contribution in [0.4, 0.5) is 5.69 Å². The van der Waals surface area contributed by atoms with E-state index in [2.05, 4.69) is 37.4 Å². The van der Waals surface area contributed by atoms with Gasteiger partial charge >= 0.3 is 0 Å². The van der Waals surface area contributed by atoms with Gasteiger partial charge in [0.1, 0.15) is 6.54 Å². The fourth-order valence-corrected chi connectivity index (χ4v) is 2.70. The molecule has 0 aromatic heterocycles. The van der Waals surface area contributed by atoms with Crippen LogP contribution in [0.5, 0.6) is 0 Å². The minimum Gasteiger partial charge on any atom is -0.326 e. The second kappa shape index (κ2) is 7.88. The van der Waals surface area contributed by atoms with Gasteiger partial charge in [-0.05, 0) is 50.6 Å². The standard InChI is InChI=1S/C20H24N2O2/c1-14-5-6-18(15(2)11-14)12-22(4)13-20(24)21-19-9-7-17(8-10-19)16(3)23/h5-11H,12-13H2,1-4H3,(H,21,24)/p+1. The number of likely N-dealkylation sites (N-methyl/N-ethyl adjacent to an activating group) is 1. The summed E-state index contributed by atoms with van der Waals surface area (Å²) in [6, 6.07) is 13.4. The van der Waals surface area contributed by atoms with E-state index in [9.17, 15) is 9.59 Å². The van der Waals surface area contributed by atoms with Gasteiger partial charge in [-0.2, -0.15) is 0 Å². The predicted octanol–water partition coefficient (Wildman–Crippen LogP) is 2.16. The summed E-state index contributed by atoms with van der Waals surface area (Å²) in [6.07, 6.45) is 0. The first kappa shape index (κ1) is 17.9. The van der Waals surface area contributed by atoms with Gasteiger partial charge in [0, 0.05) is 16.8 Å². The Morgan fingerprint density at radius 1 is 1.04 bits per heavy atom. The molecule has 4 nitrogen and oxygen atoms in total. The molecule has 126 valence electrons. The third-order valence-corrected chi connectivity index (χ3v) is 4.03. The molecule has 2 aromatic rings. The minimum atomic E-state index is -0.0344. The Labute approximate surface area is 143 Å². The van der Waals surface area contributed by atoms with Crippen molar-refractivity contribution in [3.63, 3.8) is 0 Å². The average molecular weight is 325 g/mol. The van der Waals surface area contributed by atoms with E-state index in [4.69, 9.17) is 0 Å². The Bertz CT molecular complexity index is 736. The number of nitrogens with one attached hydrogen (secondary N) is 2. The molecule has 0 saturated heterocycles. The van der Waals surface area contributed by atoms with E-state index < -0.39 is 0 Å². The third-order valence-electron chi connectivity index (χ3n) is 4.03. The second-order valence-corrected chi connectivity index (χ2v) is 6.42. The number of amides is 1. The number of Topliss-reactive ketones (excluding diaryl/α,β-unsaturated/α-hetero) is 1. The number of aryl methyl sites for hydroxylation is 2. The maximum atomic E-state index is 12.2. The van der Waals surface area contributed by atoms with Crippen LogP contribution in [0.2, 0.25) is 0 Å². The highest BCUT2D eigenvalue weighted by Gasteiger charge is 2.12. The summed E-state index contributed by atoms with van der Waals surface area (Å²) in [5.74, 6) is -0.0154. The fraction of sp³-hybridized carbons (Fsp3) is 0.300. The molecule has 0 aliphatic heterocycles. The van der Waals surface area contributed by atoms with Gasteiger partial charge in [0.2, 0.25) is 0 Å². The summed E-state index contributed by atoms with van der Waals surface area (Å²) in [4.78, 5) is 24.6. The first-order valence-corrected chi connectivity index (χ1v) is 8.13. The van der Waals surface area contributed by atoms with Gasteiger partial charge in [-0.1, -0.05) is 23.8 Å². The maximum Gasteiger partial charge on any atom is 0.279 e. The monoisotopic (exact) mass is 325 g/mol. The molecule has 2 aromatic carbocycles. The molecule has 24 heavy (non-hydrogen) atoms. The van der Waals surface area contributed by atoms with Crippen LogP contribution in [-0.2, 0) is 11.3 Å². The van der Waals surface area contributed by atoms with Gasteiger partial charge in [0.15, 0.2) is 12.3 Å². The Morgan fingerprint density at radius 3 is 2.29 bits per heavy atom. The third kappa shape index (κ3) is 5.03. The maximum absolute atomic E-state index is 12.2. The minimum absolute atomic E-state index is 0.0190. The number of ketones is 1. The summed E-state index contributed by atoms with van der Waals surface area (Å²) in [5, 5.41) is 2.88. The van der Waals surface area contributed by atoms with Crippen molar-refractivity contribution in [3.8, 4) is 0 Å².